The highest BCUT2D eigenvalue weighted by Crippen LogP contribution is 2.29. The number of aromatic nitrogens is 1. The second-order valence-electron chi connectivity index (χ2n) is 8.61. The van der Waals surface area contributed by atoms with Crippen LogP contribution in [-0.2, 0) is 11.3 Å². The van der Waals surface area contributed by atoms with Crippen LogP contribution in [0.4, 0.5) is 10.5 Å². The third-order valence-electron chi connectivity index (χ3n) is 6.47. The Balaban J connectivity index is 1.45. The number of para-hydroxylation sites is 1. The summed E-state index contributed by atoms with van der Waals surface area (Å²) in [5, 5.41) is 14.6. The third kappa shape index (κ3) is 4.00. The predicted octanol–water partition coefficient (Wildman–Crippen LogP) is 4.82. The Morgan fingerprint density at radius 1 is 1.03 bits per heavy atom. The molecule has 1 N–H and O–H groups in total. The Labute approximate surface area is 190 Å². The lowest BCUT2D eigenvalue weighted by Crippen LogP contribution is -2.41. The van der Waals surface area contributed by atoms with E-state index in [4.69, 9.17) is 0 Å². The van der Waals surface area contributed by atoms with Gasteiger partial charge in [0.1, 0.15) is 5.70 Å². The summed E-state index contributed by atoms with van der Waals surface area (Å²) in [4.78, 5) is 37.5. The molecule has 5 rings (SSSR count). The summed E-state index contributed by atoms with van der Waals surface area (Å²) in [5.74, 6) is -0.265. The number of fused-ring (bicyclic) bond motifs is 1. The number of carbonyl (C=O) groups excluding carboxylic acids is 2. The summed E-state index contributed by atoms with van der Waals surface area (Å²) in [6.07, 6.45) is 8.65. The van der Waals surface area contributed by atoms with E-state index in [2.05, 4.69) is 5.32 Å². The number of hydrogen-bond donors (Lipinski definition) is 1. The lowest BCUT2D eigenvalue weighted by molar-refractivity contribution is -0.384. The van der Waals surface area contributed by atoms with Gasteiger partial charge in [-0.1, -0.05) is 49.6 Å². The van der Waals surface area contributed by atoms with E-state index in [1.54, 1.807) is 18.2 Å². The number of urea groups is 1. The van der Waals surface area contributed by atoms with Gasteiger partial charge in [-0.15, -0.1) is 0 Å². The van der Waals surface area contributed by atoms with Gasteiger partial charge < -0.3 is 9.88 Å². The minimum absolute atomic E-state index is 0.0272. The topological polar surface area (TPSA) is 97.5 Å². The fourth-order valence-electron chi connectivity index (χ4n) is 4.82. The van der Waals surface area contributed by atoms with Crippen LogP contribution in [-0.4, -0.2) is 32.4 Å². The average Bonchev–Trinajstić information content (AvgIpc) is 3.31. The predicted molar refractivity (Wildman–Crippen MR) is 124 cm³/mol. The van der Waals surface area contributed by atoms with Crippen LogP contribution in [0.15, 0.2) is 60.4 Å². The Bertz CT molecular complexity index is 1270. The SMILES string of the molecule is O=C1N/C(=C\c2cn(Cc3ccc([N+](=O)[O-])cc3)c3ccccc23)C(=O)N1C1CCCCC1. The minimum Gasteiger partial charge on any atom is -0.342 e. The van der Waals surface area contributed by atoms with Crippen LogP contribution in [0.1, 0.15) is 43.2 Å². The molecule has 2 fully saturated rings. The van der Waals surface area contributed by atoms with Crippen molar-refractivity contribution in [1.29, 1.82) is 0 Å². The summed E-state index contributed by atoms with van der Waals surface area (Å²) >= 11 is 0. The minimum atomic E-state index is -0.414. The summed E-state index contributed by atoms with van der Waals surface area (Å²) in [5.41, 5.74) is 3.09. The fraction of sp³-hybridized carbons (Fsp3) is 0.280. The number of imide groups is 1. The molecule has 3 aromatic rings. The third-order valence-corrected chi connectivity index (χ3v) is 6.47. The largest absolute Gasteiger partial charge is 0.342 e. The highest BCUT2D eigenvalue weighted by Gasteiger charge is 2.39. The highest BCUT2D eigenvalue weighted by molar-refractivity contribution is 6.14. The Morgan fingerprint density at radius 3 is 2.48 bits per heavy atom. The number of rotatable bonds is 5. The molecule has 33 heavy (non-hydrogen) atoms. The number of carbonyl (C=O) groups is 2. The van der Waals surface area contributed by atoms with Crippen molar-refractivity contribution >= 4 is 34.6 Å². The van der Waals surface area contributed by atoms with E-state index in [0.717, 1.165) is 54.1 Å². The first-order valence-corrected chi connectivity index (χ1v) is 11.2. The molecular formula is C25H24N4O4. The zero-order valence-electron chi connectivity index (χ0n) is 18.1. The molecule has 2 aliphatic rings. The quantitative estimate of drug-likeness (QED) is 0.264. The van der Waals surface area contributed by atoms with Crippen molar-refractivity contribution in [2.24, 2.45) is 0 Å². The van der Waals surface area contributed by atoms with Crippen LogP contribution in [0.2, 0.25) is 0 Å². The second kappa shape index (κ2) is 8.54. The number of non-ortho nitro benzene ring substituents is 1. The van der Waals surface area contributed by atoms with Crippen molar-refractivity contribution in [2.45, 2.75) is 44.7 Å². The van der Waals surface area contributed by atoms with Gasteiger partial charge in [-0.05, 0) is 30.5 Å². The summed E-state index contributed by atoms with van der Waals surface area (Å²) < 4.78 is 2.04. The molecule has 1 saturated carbocycles. The van der Waals surface area contributed by atoms with Gasteiger partial charge in [-0.25, -0.2) is 4.79 Å². The number of hydrogen-bond acceptors (Lipinski definition) is 4. The second-order valence-corrected chi connectivity index (χ2v) is 8.61. The number of nitro groups is 1. The summed E-state index contributed by atoms with van der Waals surface area (Å²) in [6, 6.07) is 14.0. The zero-order valence-corrected chi connectivity index (χ0v) is 18.1. The molecule has 0 atom stereocenters. The van der Waals surface area contributed by atoms with Crippen LogP contribution in [0.3, 0.4) is 0 Å². The fourth-order valence-corrected chi connectivity index (χ4v) is 4.82. The van der Waals surface area contributed by atoms with Gasteiger partial charge >= 0.3 is 6.03 Å². The molecule has 1 saturated heterocycles. The molecule has 168 valence electrons. The number of nitro benzene ring substituents is 1. The maximum Gasteiger partial charge on any atom is 0.329 e. The lowest BCUT2D eigenvalue weighted by atomic mass is 9.94. The molecule has 3 amide bonds. The summed E-state index contributed by atoms with van der Waals surface area (Å²) in [6.45, 7) is 0.524. The molecule has 8 nitrogen and oxygen atoms in total. The monoisotopic (exact) mass is 444 g/mol. The Hall–Kier alpha value is -3.94. The standard InChI is InChI=1S/C25H24N4O4/c30-24-22(26-25(31)28(24)19-6-2-1-3-7-19)14-18-16-27(23-9-5-4-8-21(18)23)15-17-10-12-20(13-11-17)29(32)33/h4-5,8-14,16,19H,1-3,6-7,15H2,(H,26,31)/b22-14-. The average molecular weight is 444 g/mol. The normalized spacial score (nSPS) is 18.3. The van der Waals surface area contributed by atoms with Gasteiger partial charge in [0.05, 0.1) is 4.92 Å². The van der Waals surface area contributed by atoms with Gasteiger partial charge in [-0.2, -0.15) is 0 Å². The van der Waals surface area contributed by atoms with Crippen LogP contribution in [0, 0.1) is 10.1 Å². The Kier molecular flexibility index (Phi) is 5.42. The van der Waals surface area contributed by atoms with Crippen LogP contribution in [0.25, 0.3) is 17.0 Å². The van der Waals surface area contributed by atoms with Crippen LogP contribution in [0.5, 0.6) is 0 Å². The lowest BCUT2D eigenvalue weighted by Gasteiger charge is -2.28. The van der Waals surface area contributed by atoms with Gasteiger partial charge in [0.2, 0.25) is 0 Å². The molecule has 0 spiro atoms. The van der Waals surface area contributed by atoms with Crippen LogP contribution >= 0.6 is 0 Å². The van der Waals surface area contributed by atoms with Gasteiger partial charge in [0.25, 0.3) is 11.6 Å². The van der Waals surface area contributed by atoms with Crippen molar-refractivity contribution < 1.29 is 14.5 Å². The maximum atomic E-state index is 13.1. The van der Waals surface area contributed by atoms with Crippen molar-refractivity contribution in [3.63, 3.8) is 0 Å². The van der Waals surface area contributed by atoms with Crippen molar-refractivity contribution in [1.82, 2.24) is 14.8 Å². The molecule has 0 unspecified atom stereocenters. The molecule has 0 radical (unpaired) electrons. The number of nitrogens with one attached hydrogen (secondary N) is 1. The van der Waals surface area contributed by atoms with E-state index in [1.165, 1.54) is 17.0 Å². The Morgan fingerprint density at radius 2 is 1.76 bits per heavy atom. The van der Waals surface area contributed by atoms with Gasteiger partial charge in [0, 0.05) is 47.4 Å². The van der Waals surface area contributed by atoms with E-state index >= 15 is 0 Å². The molecular weight excluding hydrogens is 420 g/mol. The smallest absolute Gasteiger partial charge is 0.329 e. The molecule has 0 bridgehead atoms. The van der Waals surface area contributed by atoms with E-state index in [1.807, 2.05) is 35.0 Å². The molecule has 1 aliphatic heterocycles. The molecule has 2 aromatic carbocycles. The summed E-state index contributed by atoms with van der Waals surface area (Å²) in [7, 11) is 0. The molecule has 1 aliphatic carbocycles. The van der Waals surface area contributed by atoms with Crippen molar-refractivity contribution in [3.8, 4) is 0 Å². The maximum absolute atomic E-state index is 13.1. The number of benzene rings is 2. The van der Waals surface area contributed by atoms with E-state index in [9.17, 15) is 19.7 Å². The molecule has 8 heteroatoms. The molecule has 2 heterocycles. The first-order chi connectivity index (χ1) is 16.0. The van der Waals surface area contributed by atoms with Crippen LogP contribution < -0.4 is 5.32 Å². The van der Waals surface area contributed by atoms with Crippen molar-refractivity contribution in [2.75, 3.05) is 0 Å². The van der Waals surface area contributed by atoms with Gasteiger partial charge in [-0.3, -0.25) is 19.8 Å². The van der Waals surface area contributed by atoms with E-state index in [-0.39, 0.29) is 23.7 Å². The highest BCUT2D eigenvalue weighted by atomic mass is 16.6. The first-order valence-electron chi connectivity index (χ1n) is 11.2. The number of amides is 3. The van der Waals surface area contributed by atoms with Gasteiger partial charge in [0.15, 0.2) is 0 Å². The van der Waals surface area contributed by atoms with E-state index in [0.29, 0.717) is 12.2 Å². The zero-order chi connectivity index (χ0) is 22.9. The van der Waals surface area contributed by atoms with Crippen molar-refractivity contribution in [3.05, 3.63) is 81.7 Å². The number of nitrogens with zero attached hydrogens (tertiary/aromatic N) is 3. The van der Waals surface area contributed by atoms with E-state index < -0.39 is 4.92 Å². The first kappa shape index (κ1) is 20.9. The molecule has 1 aromatic heterocycles.